The number of halogens is 1. The van der Waals surface area contributed by atoms with Crippen LogP contribution in [0.5, 0.6) is 11.5 Å². The molecule has 2 fully saturated rings. The lowest BCUT2D eigenvalue weighted by Gasteiger charge is -2.19. The van der Waals surface area contributed by atoms with Gasteiger partial charge in [-0.05, 0) is 62.6 Å². The summed E-state index contributed by atoms with van der Waals surface area (Å²) >= 11 is 6.40. The fraction of sp³-hybridized carbons (Fsp3) is 0.625. The Morgan fingerprint density at radius 3 is 2.60 bits per heavy atom. The first kappa shape index (κ1) is 14.0. The highest BCUT2D eigenvalue weighted by Crippen LogP contribution is 2.42. The van der Waals surface area contributed by atoms with Gasteiger partial charge in [0, 0.05) is 5.54 Å². The maximum Gasteiger partial charge on any atom is 0.180 e. The molecule has 20 heavy (non-hydrogen) atoms. The molecule has 0 atom stereocenters. The maximum absolute atomic E-state index is 6.40. The Bertz CT molecular complexity index is 493. The molecule has 4 heteroatoms. The molecule has 2 aliphatic rings. The molecule has 0 bridgehead atoms. The van der Waals surface area contributed by atoms with Crippen molar-refractivity contribution in [3.63, 3.8) is 0 Å². The standard InChI is InChI=1S/C16H22ClNO2/c1-19-14-9-11(10-16(18)6-7-16)8-13(17)15(14)20-12-4-2-3-5-12/h8-9,12H,2-7,10,18H2,1H3. The molecule has 3 rings (SSSR count). The number of ether oxygens (including phenoxy) is 2. The van der Waals surface area contributed by atoms with E-state index in [-0.39, 0.29) is 11.6 Å². The molecule has 0 heterocycles. The van der Waals surface area contributed by atoms with Crippen molar-refractivity contribution >= 4 is 11.6 Å². The molecule has 0 spiro atoms. The number of hydrogen-bond donors (Lipinski definition) is 1. The summed E-state index contributed by atoms with van der Waals surface area (Å²) in [6.45, 7) is 0. The summed E-state index contributed by atoms with van der Waals surface area (Å²) in [6, 6.07) is 3.99. The highest BCUT2D eigenvalue weighted by atomic mass is 35.5. The lowest BCUT2D eigenvalue weighted by molar-refractivity contribution is 0.201. The quantitative estimate of drug-likeness (QED) is 0.901. The second-order valence-corrected chi connectivity index (χ2v) is 6.58. The van der Waals surface area contributed by atoms with Crippen LogP contribution in [0.2, 0.25) is 5.02 Å². The van der Waals surface area contributed by atoms with Crippen molar-refractivity contribution in [3.8, 4) is 11.5 Å². The normalized spacial score (nSPS) is 20.9. The van der Waals surface area contributed by atoms with Gasteiger partial charge in [-0.25, -0.2) is 0 Å². The minimum Gasteiger partial charge on any atom is -0.493 e. The number of nitrogens with two attached hydrogens (primary N) is 1. The van der Waals surface area contributed by atoms with E-state index in [0.717, 1.165) is 43.4 Å². The van der Waals surface area contributed by atoms with E-state index in [1.807, 2.05) is 12.1 Å². The third-order valence-electron chi connectivity index (χ3n) is 4.32. The van der Waals surface area contributed by atoms with E-state index in [2.05, 4.69) is 0 Å². The van der Waals surface area contributed by atoms with Gasteiger partial charge in [-0.2, -0.15) is 0 Å². The molecular weight excluding hydrogens is 274 g/mol. The maximum atomic E-state index is 6.40. The summed E-state index contributed by atoms with van der Waals surface area (Å²) < 4.78 is 11.5. The van der Waals surface area contributed by atoms with E-state index in [4.69, 9.17) is 26.8 Å². The van der Waals surface area contributed by atoms with Gasteiger partial charge in [-0.3, -0.25) is 0 Å². The van der Waals surface area contributed by atoms with Gasteiger partial charge in [0.2, 0.25) is 0 Å². The van der Waals surface area contributed by atoms with Crippen LogP contribution in [-0.2, 0) is 6.42 Å². The monoisotopic (exact) mass is 295 g/mol. The Morgan fingerprint density at radius 1 is 1.30 bits per heavy atom. The van der Waals surface area contributed by atoms with Crippen LogP contribution in [0.15, 0.2) is 12.1 Å². The second kappa shape index (κ2) is 5.45. The van der Waals surface area contributed by atoms with E-state index in [1.165, 1.54) is 12.8 Å². The highest BCUT2D eigenvalue weighted by molar-refractivity contribution is 6.32. The van der Waals surface area contributed by atoms with E-state index in [0.29, 0.717) is 10.8 Å². The Labute approximate surface area is 125 Å². The van der Waals surface area contributed by atoms with Gasteiger partial charge < -0.3 is 15.2 Å². The largest absolute Gasteiger partial charge is 0.493 e. The third kappa shape index (κ3) is 3.04. The molecule has 1 aromatic rings. The Morgan fingerprint density at radius 2 is 2.00 bits per heavy atom. The SMILES string of the molecule is COc1cc(CC2(N)CC2)cc(Cl)c1OC1CCCC1. The highest BCUT2D eigenvalue weighted by Gasteiger charge is 2.38. The molecule has 0 radical (unpaired) electrons. The first-order valence-electron chi connectivity index (χ1n) is 7.42. The van der Waals surface area contributed by atoms with Crippen LogP contribution in [0.1, 0.15) is 44.1 Å². The lowest BCUT2D eigenvalue weighted by atomic mass is 10.0. The number of methoxy groups -OCH3 is 1. The summed E-state index contributed by atoms with van der Waals surface area (Å²) in [4.78, 5) is 0. The van der Waals surface area contributed by atoms with Crippen molar-refractivity contribution in [1.82, 2.24) is 0 Å². The molecule has 2 saturated carbocycles. The first-order valence-corrected chi connectivity index (χ1v) is 7.79. The molecule has 1 aromatic carbocycles. The predicted octanol–water partition coefficient (Wildman–Crippen LogP) is 3.70. The van der Waals surface area contributed by atoms with Gasteiger partial charge in [0.1, 0.15) is 0 Å². The molecule has 0 saturated heterocycles. The van der Waals surface area contributed by atoms with Crippen LogP contribution in [0.25, 0.3) is 0 Å². The number of rotatable bonds is 5. The van der Waals surface area contributed by atoms with Crippen LogP contribution in [0.3, 0.4) is 0 Å². The zero-order chi connectivity index (χ0) is 14.2. The zero-order valence-corrected chi connectivity index (χ0v) is 12.7. The molecule has 3 nitrogen and oxygen atoms in total. The van der Waals surface area contributed by atoms with E-state index in [9.17, 15) is 0 Å². The minimum absolute atomic E-state index is 0.0256. The van der Waals surface area contributed by atoms with Crippen molar-refractivity contribution in [2.45, 2.75) is 56.6 Å². The molecule has 2 aliphatic carbocycles. The second-order valence-electron chi connectivity index (χ2n) is 6.17. The molecule has 0 aliphatic heterocycles. The Balaban J connectivity index is 1.81. The van der Waals surface area contributed by atoms with Crippen molar-refractivity contribution in [3.05, 3.63) is 22.7 Å². The summed E-state index contributed by atoms with van der Waals surface area (Å²) in [7, 11) is 1.66. The number of benzene rings is 1. The van der Waals surface area contributed by atoms with Crippen molar-refractivity contribution in [2.24, 2.45) is 5.73 Å². The predicted molar refractivity (Wildman–Crippen MR) is 80.7 cm³/mol. The fourth-order valence-electron chi connectivity index (χ4n) is 2.91. The van der Waals surface area contributed by atoms with Gasteiger partial charge in [-0.1, -0.05) is 11.6 Å². The van der Waals surface area contributed by atoms with Crippen LogP contribution in [0.4, 0.5) is 0 Å². The van der Waals surface area contributed by atoms with Crippen molar-refractivity contribution < 1.29 is 9.47 Å². The molecule has 0 amide bonds. The average Bonchev–Trinajstić information content (AvgIpc) is 2.91. The summed E-state index contributed by atoms with van der Waals surface area (Å²) in [6.07, 6.45) is 7.99. The van der Waals surface area contributed by atoms with Gasteiger partial charge in [-0.15, -0.1) is 0 Å². The van der Waals surface area contributed by atoms with Gasteiger partial charge in [0.25, 0.3) is 0 Å². The van der Waals surface area contributed by atoms with Crippen LogP contribution >= 0.6 is 11.6 Å². The smallest absolute Gasteiger partial charge is 0.180 e. The lowest BCUT2D eigenvalue weighted by Crippen LogP contribution is -2.24. The third-order valence-corrected chi connectivity index (χ3v) is 4.61. The summed E-state index contributed by atoms with van der Waals surface area (Å²) in [5.74, 6) is 1.41. The summed E-state index contributed by atoms with van der Waals surface area (Å²) in [5, 5.41) is 0.635. The molecule has 2 N–H and O–H groups in total. The van der Waals surface area contributed by atoms with Gasteiger partial charge >= 0.3 is 0 Å². The zero-order valence-electron chi connectivity index (χ0n) is 12.0. The van der Waals surface area contributed by atoms with Crippen molar-refractivity contribution in [1.29, 1.82) is 0 Å². The fourth-order valence-corrected chi connectivity index (χ4v) is 3.18. The Kier molecular flexibility index (Phi) is 3.83. The van der Waals surface area contributed by atoms with Gasteiger partial charge in [0.15, 0.2) is 11.5 Å². The van der Waals surface area contributed by atoms with Crippen LogP contribution < -0.4 is 15.2 Å². The van der Waals surface area contributed by atoms with Crippen LogP contribution in [0, 0.1) is 0 Å². The summed E-state index contributed by atoms with van der Waals surface area (Å²) in [5.41, 5.74) is 7.28. The van der Waals surface area contributed by atoms with Gasteiger partial charge in [0.05, 0.1) is 18.2 Å². The average molecular weight is 296 g/mol. The Hall–Kier alpha value is -0.930. The molecule has 0 aromatic heterocycles. The van der Waals surface area contributed by atoms with Crippen molar-refractivity contribution in [2.75, 3.05) is 7.11 Å². The first-order chi connectivity index (χ1) is 9.59. The molecule has 0 unspecified atom stereocenters. The van der Waals surface area contributed by atoms with E-state index < -0.39 is 0 Å². The van der Waals surface area contributed by atoms with E-state index >= 15 is 0 Å². The number of hydrogen-bond acceptors (Lipinski definition) is 3. The topological polar surface area (TPSA) is 44.5 Å². The van der Waals surface area contributed by atoms with Crippen LogP contribution in [-0.4, -0.2) is 18.8 Å². The molecular formula is C16H22ClNO2. The molecule has 110 valence electrons. The van der Waals surface area contributed by atoms with E-state index in [1.54, 1.807) is 7.11 Å². The minimum atomic E-state index is -0.0256.